The fourth-order valence-corrected chi connectivity index (χ4v) is 5.68. The van der Waals surface area contributed by atoms with Crippen LogP contribution in [0, 0.1) is 6.92 Å². The molecular formula is C32H39N3O5. The van der Waals surface area contributed by atoms with E-state index < -0.39 is 5.54 Å². The van der Waals surface area contributed by atoms with E-state index in [0.717, 1.165) is 71.9 Å². The van der Waals surface area contributed by atoms with Gasteiger partial charge in [0, 0.05) is 23.7 Å². The van der Waals surface area contributed by atoms with Crippen LogP contribution in [-0.4, -0.2) is 48.2 Å². The summed E-state index contributed by atoms with van der Waals surface area (Å²) < 4.78 is 17.6. The molecule has 1 saturated heterocycles. The molecule has 1 N–H and O–H groups in total. The van der Waals surface area contributed by atoms with Crippen LogP contribution in [0.2, 0.25) is 0 Å². The quantitative estimate of drug-likeness (QED) is 0.220. The largest absolute Gasteiger partial charge is 0.493 e. The summed E-state index contributed by atoms with van der Waals surface area (Å²) in [5, 5.41) is 4.04. The molecule has 40 heavy (non-hydrogen) atoms. The first-order chi connectivity index (χ1) is 19.5. The minimum absolute atomic E-state index is 0.205. The number of hydrogen-bond acceptors (Lipinski definition) is 6. The molecule has 2 aliphatic heterocycles. The summed E-state index contributed by atoms with van der Waals surface area (Å²) in [4.78, 5) is 32.4. The number of fused-ring (bicyclic) bond motifs is 2. The molecule has 3 amide bonds. The second-order valence-electron chi connectivity index (χ2n) is 10.6. The summed E-state index contributed by atoms with van der Waals surface area (Å²) in [7, 11) is 0. The van der Waals surface area contributed by atoms with Crippen molar-refractivity contribution in [2.45, 2.75) is 71.3 Å². The number of aryl methyl sites for hydroxylation is 2. The van der Waals surface area contributed by atoms with E-state index in [1.54, 1.807) is 0 Å². The van der Waals surface area contributed by atoms with Gasteiger partial charge in [-0.15, -0.1) is 0 Å². The van der Waals surface area contributed by atoms with Gasteiger partial charge in [0.15, 0.2) is 11.5 Å². The molecule has 3 aromatic rings. The highest BCUT2D eigenvalue weighted by Gasteiger charge is 2.51. The molecule has 1 unspecified atom stereocenters. The van der Waals surface area contributed by atoms with Gasteiger partial charge in [0.05, 0.1) is 12.1 Å². The number of hydrogen-bond donors (Lipinski definition) is 1. The lowest BCUT2D eigenvalue weighted by molar-refractivity contribution is -0.131. The minimum Gasteiger partial charge on any atom is -0.493 e. The molecule has 8 nitrogen and oxygen atoms in total. The number of imide groups is 1. The SMILES string of the molecule is CCCc1cnc2c(C)cccc2c1OCCCCCCN1C(=O)NC(CC)(c2ccc3c(c2)OCCO3)C1=O. The molecule has 5 rings (SSSR count). The van der Waals surface area contributed by atoms with Crippen molar-refractivity contribution in [1.29, 1.82) is 0 Å². The van der Waals surface area contributed by atoms with E-state index >= 15 is 0 Å². The number of carbonyl (C=O) groups is 2. The number of para-hydroxylation sites is 1. The number of pyridine rings is 1. The number of amides is 3. The molecule has 2 aliphatic rings. The van der Waals surface area contributed by atoms with Crippen LogP contribution in [0.4, 0.5) is 4.79 Å². The fraction of sp³-hybridized carbons (Fsp3) is 0.469. The minimum atomic E-state index is -1.08. The summed E-state index contributed by atoms with van der Waals surface area (Å²) in [5.74, 6) is 2.01. The topological polar surface area (TPSA) is 90.0 Å². The van der Waals surface area contributed by atoms with Gasteiger partial charge in [0.2, 0.25) is 0 Å². The molecule has 8 heteroatoms. The number of aromatic nitrogens is 1. The summed E-state index contributed by atoms with van der Waals surface area (Å²) in [6.07, 6.45) is 7.88. The van der Waals surface area contributed by atoms with Gasteiger partial charge in [-0.1, -0.05) is 51.3 Å². The van der Waals surface area contributed by atoms with Crippen molar-refractivity contribution in [2.24, 2.45) is 0 Å². The molecule has 0 spiro atoms. The fourth-order valence-electron chi connectivity index (χ4n) is 5.68. The second kappa shape index (κ2) is 12.1. The molecule has 1 atom stereocenters. The van der Waals surface area contributed by atoms with E-state index in [4.69, 9.17) is 14.2 Å². The smallest absolute Gasteiger partial charge is 0.325 e. The van der Waals surface area contributed by atoms with Crippen LogP contribution in [0.3, 0.4) is 0 Å². The van der Waals surface area contributed by atoms with E-state index in [0.29, 0.717) is 44.3 Å². The van der Waals surface area contributed by atoms with Crippen LogP contribution in [-0.2, 0) is 16.8 Å². The Hall–Kier alpha value is -3.81. The average molecular weight is 546 g/mol. The van der Waals surface area contributed by atoms with Gasteiger partial charge >= 0.3 is 6.03 Å². The Morgan fingerprint density at radius 1 is 1.02 bits per heavy atom. The van der Waals surface area contributed by atoms with Gasteiger partial charge in [-0.05, 0) is 61.9 Å². The number of nitrogens with one attached hydrogen (secondary N) is 1. The molecule has 0 bridgehead atoms. The molecule has 0 saturated carbocycles. The molecule has 3 heterocycles. The average Bonchev–Trinajstić information content (AvgIpc) is 3.22. The number of benzene rings is 2. The maximum absolute atomic E-state index is 13.5. The molecule has 1 fully saturated rings. The van der Waals surface area contributed by atoms with Crippen LogP contribution < -0.4 is 19.5 Å². The molecule has 2 aromatic carbocycles. The van der Waals surface area contributed by atoms with E-state index in [9.17, 15) is 9.59 Å². The maximum atomic E-state index is 13.5. The highest BCUT2D eigenvalue weighted by molar-refractivity contribution is 6.07. The van der Waals surface area contributed by atoms with Crippen LogP contribution in [0.25, 0.3) is 10.9 Å². The Labute approximate surface area is 236 Å². The van der Waals surface area contributed by atoms with Gasteiger partial charge in [-0.25, -0.2) is 4.79 Å². The number of carbonyl (C=O) groups excluding carboxylic acids is 2. The Bertz CT molecular complexity index is 1390. The van der Waals surface area contributed by atoms with Crippen LogP contribution >= 0.6 is 0 Å². The van der Waals surface area contributed by atoms with Gasteiger partial charge in [0.25, 0.3) is 5.91 Å². The number of rotatable bonds is 12. The first kappa shape index (κ1) is 27.7. The van der Waals surface area contributed by atoms with E-state index in [2.05, 4.69) is 42.3 Å². The maximum Gasteiger partial charge on any atom is 0.325 e. The third-order valence-corrected chi connectivity index (χ3v) is 7.91. The van der Waals surface area contributed by atoms with Crippen molar-refractivity contribution in [3.63, 3.8) is 0 Å². The van der Waals surface area contributed by atoms with Crippen molar-refractivity contribution >= 4 is 22.8 Å². The molecule has 1 aromatic heterocycles. The Morgan fingerprint density at radius 3 is 2.62 bits per heavy atom. The number of nitrogens with zero attached hydrogens (tertiary/aromatic N) is 2. The Morgan fingerprint density at radius 2 is 1.82 bits per heavy atom. The summed E-state index contributed by atoms with van der Waals surface area (Å²) >= 11 is 0. The van der Waals surface area contributed by atoms with Crippen molar-refractivity contribution in [2.75, 3.05) is 26.4 Å². The molecule has 212 valence electrons. The monoisotopic (exact) mass is 545 g/mol. The third kappa shape index (κ3) is 5.31. The zero-order valence-electron chi connectivity index (χ0n) is 23.8. The molecule has 0 aliphatic carbocycles. The van der Waals surface area contributed by atoms with Gasteiger partial charge in [-0.3, -0.25) is 14.7 Å². The second-order valence-corrected chi connectivity index (χ2v) is 10.6. The first-order valence-electron chi connectivity index (χ1n) is 14.5. The Kier molecular flexibility index (Phi) is 8.43. The highest BCUT2D eigenvalue weighted by atomic mass is 16.6. The van der Waals surface area contributed by atoms with Gasteiger partial charge in [-0.2, -0.15) is 0 Å². The van der Waals surface area contributed by atoms with E-state index in [1.807, 2.05) is 31.3 Å². The molecule has 0 radical (unpaired) electrons. The molecular weight excluding hydrogens is 506 g/mol. The zero-order valence-corrected chi connectivity index (χ0v) is 23.8. The number of unbranched alkanes of at least 4 members (excludes halogenated alkanes) is 3. The van der Waals surface area contributed by atoms with Crippen LogP contribution in [0.15, 0.2) is 42.6 Å². The standard InChI is InChI=1S/C32H39N3O5/c1-4-11-23-21-33-28-22(3)12-10-13-25(28)29(23)40-17-9-7-6-8-16-35-30(36)32(5-2,34-31(35)37)24-14-15-26-27(20-24)39-19-18-38-26/h10,12-15,20-21H,4-9,11,16-19H2,1-3H3,(H,34,37). The predicted octanol–water partition coefficient (Wildman–Crippen LogP) is 6.06. The normalized spacial score (nSPS) is 18.3. The highest BCUT2D eigenvalue weighted by Crippen LogP contribution is 2.39. The summed E-state index contributed by atoms with van der Waals surface area (Å²) in [6.45, 7) is 8.13. The van der Waals surface area contributed by atoms with E-state index in [1.165, 1.54) is 4.90 Å². The lowest BCUT2D eigenvalue weighted by Crippen LogP contribution is -2.43. The Balaban J connectivity index is 1.14. The third-order valence-electron chi connectivity index (χ3n) is 7.91. The van der Waals surface area contributed by atoms with Gasteiger partial charge in [0.1, 0.15) is 24.5 Å². The van der Waals surface area contributed by atoms with Gasteiger partial charge < -0.3 is 19.5 Å². The number of ether oxygens (including phenoxy) is 3. The van der Waals surface area contributed by atoms with Crippen molar-refractivity contribution in [1.82, 2.24) is 15.2 Å². The van der Waals surface area contributed by atoms with Crippen molar-refractivity contribution < 1.29 is 23.8 Å². The van der Waals surface area contributed by atoms with Crippen LogP contribution in [0.5, 0.6) is 17.2 Å². The number of urea groups is 1. The lowest BCUT2D eigenvalue weighted by Gasteiger charge is -2.27. The van der Waals surface area contributed by atoms with E-state index in [-0.39, 0.29) is 11.9 Å². The first-order valence-corrected chi connectivity index (χ1v) is 14.5. The lowest BCUT2D eigenvalue weighted by atomic mass is 9.87. The van der Waals surface area contributed by atoms with Crippen LogP contribution in [0.1, 0.15) is 69.1 Å². The summed E-state index contributed by atoms with van der Waals surface area (Å²) in [5.41, 5.74) is 2.93. The van der Waals surface area contributed by atoms with Crippen molar-refractivity contribution in [3.05, 3.63) is 59.3 Å². The zero-order chi connectivity index (χ0) is 28.1. The predicted molar refractivity (Wildman–Crippen MR) is 154 cm³/mol. The summed E-state index contributed by atoms with van der Waals surface area (Å²) in [6, 6.07) is 11.4. The van der Waals surface area contributed by atoms with Crippen molar-refractivity contribution in [3.8, 4) is 17.2 Å².